The first-order chi connectivity index (χ1) is 10.4. The monoisotopic (exact) mass is 298 g/mol. The van der Waals surface area contributed by atoms with Crippen molar-refractivity contribution in [3.63, 3.8) is 0 Å². The summed E-state index contributed by atoms with van der Waals surface area (Å²) in [5.41, 5.74) is 1.21. The zero-order chi connectivity index (χ0) is 15.9. The highest BCUT2D eigenvalue weighted by Gasteiger charge is 2.42. The number of carbonyl (C=O) groups excluding carboxylic acids is 1. The Morgan fingerprint density at radius 3 is 2.73 bits per heavy atom. The van der Waals surface area contributed by atoms with Gasteiger partial charge in [-0.3, -0.25) is 14.6 Å². The number of nitrogens with zero attached hydrogens (tertiary/aromatic N) is 2. The Bertz CT molecular complexity index is 772. The number of carbonyl (C=O) groups is 2. The van der Waals surface area contributed by atoms with Crippen LogP contribution >= 0.6 is 0 Å². The standard InChI is InChI=1S/C17H18N2O3/c1-11-6-7-12-4-3-5-13(14(12)18-11)15(20)19-9-8-17(2,10-19)16(21)22/h3-7H,8-10H2,1-2H3,(H,21,22). The molecule has 0 bridgehead atoms. The molecule has 1 unspecified atom stereocenters. The van der Waals surface area contributed by atoms with Gasteiger partial charge in [-0.25, -0.2) is 0 Å². The van der Waals surface area contributed by atoms with Crippen molar-refractivity contribution in [2.24, 2.45) is 5.41 Å². The molecule has 1 atom stereocenters. The van der Waals surface area contributed by atoms with E-state index in [-0.39, 0.29) is 12.5 Å². The molecule has 1 aliphatic rings. The third kappa shape index (κ3) is 2.32. The fraction of sp³-hybridized carbons (Fsp3) is 0.353. The van der Waals surface area contributed by atoms with E-state index in [4.69, 9.17) is 0 Å². The number of rotatable bonds is 2. The first kappa shape index (κ1) is 14.5. The van der Waals surface area contributed by atoms with Gasteiger partial charge in [-0.15, -0.1) is 0 Å². The van der Waals surface area contributed by atoms with Crippen molar-refractivity contribution in [2.45, 2.75) is 20.3 Å². The summed E-state index contributed by atoms with van der Waals surface area (Å²) in [5, 5.41) is 10.2. The Balaban J connectivity index is 1.97. The summed E-state index contributed by atoms with van der Waals surface area (Å²) in [7, 11) is 0. The van der Waals surface area contributed by atoms with Gasteiger partial charge in [0.2, 0.25) is 0 Å². The molecule has 114 valence electrons. The minimum Gasteiger partial charge on any atom is -0.481 e. The van der Waals surface area contributed by atoms with Crippen molar-refractivity contribution in [3.8, 4) is 0 Å². The van der Waals surface area contributed by atoms with Gasteiger partial charge in [0.1, 0.15) is 0 Å². The molecule has 0 aliphatic carbocycles. The van der Waals surface area contributed by atoms with Crippen LogP contribution < -0.4 is 0 Å². The summed E-state index contributed by atoms with van der Waals surface area (Å²) in [6, 6.07) is 9.37. The Kier molecular flexibility index (Phi) is 3.35. The number of carboxylic acid groups (broad SMARTS) is 1. The molecule has 1 aromatic heterocycles. The summed E-state index contributed by atoms with van der Waals surface area (Å²) in [5.74, 6) is -0.997. The molecule has 3 rings (SSSR count). The first-order valence-electron chi connectivity index (χ1n) is 7.30. The number of aromatic nitrogens is 1. The second-order valence-corrected chi connectivity index (χ2v) is 6.17. The number of aliphatic carboxylic acids is 1. The van der Waals surface area contributed by atoms with Crippen LogP contribution in [0.2, 0.25) is 0 Å². The van der Waals surface area contributed by atoms with E-state index in [2.05, 4.69) is 4.98 Å². The van der Waals surface area contributed by atoms with Gasteiger partial charge in [-0.1, -0.05) is 18.2 Å². The molecule has 1 fully saturated rings. The minimum absolute atomic E-state index is 0.145. The zero-order valence-corrected chi connectivity index (χ0v) is 12.7. The maximum absolute atomic E-state index is 12.8. The van der Waals surface area contributed by atoms with Gasteiger partial charge in [0.05, 0.1) is 16.5 Å². The summed E-state index contributed by atoms with van der Waals surface area (Å²) >= 11 is 0. The van der Waals surface area contributed by atoms with E-state index < -0.39 is 11.4 Å². The van der Waals surface area contributed by atoms with E-state index in [1.54, 1.807) is 17.9 Å². The molecular weight excluding hydrogens is 280 g/mol. The Morgan fingerprint density at radius 1 is 1.27 bits per heavy atom. The fourth-order valence-electron chi connectivity index (χ4n) is 2.90. The number of hydrogen-bond acceptors (Lipinski definition) is 3. The summed E-state index contributed by atoms with van der Waals surface area (Å²) in [6.07, 6.45) is 0.477. The Hall–Kier alpha value is -2.43. The molecule has 1 aromatic carbocycles. The van der Waals surface area contributed by atoms with Gasteiger partial charge in [-0.05, 0) is 32.4 Å². The van der Waals surface area contributed by atoms with Gasteiger partial charge in [-0.2, -0.15) is 0 Å². The first-order valence-corrected chi connectivity index (χ1v) is 7.30. The molecule has 22 heavy (non-hydrogen) atoms. The minimum atomic E-state index is -0.858. The molecule has 5 nitrogen and oxygen atoms in total. The van der Waals surface area contributed by atoms with Crippen LogP contribution in [0.1, 0.15) is 29.4 Å². The van der Waals surface area contributed by atoms with Crippen LogP contribution in [-0.4, -0.2) is 40.0 Å². The van der Waals surface area contributed by atoms with E-state index in [0.29, 0.717) is 24.0 Å². The number of pyridine rings is 1. The SMILES string of the molecule is Cc1ccc2cccc(C(=O)N3CCC(C)(C(=O)O)C3)c2n1. The van der Waals surface area contributed by atoms with Crippen molar-refractivity contribution in [3.05, 3.63) is 41.6 Å². The fourth-order valence-corrected chi connectivity index (χ4v) is 2.90. The number of carboxylic acids is 1. The van der Waals surface area contributed by atoms with Gasteiger partial charge in [0.25, 0.3) is 5.91 Å². The van der Waals surface area contributed by atoms with E-state index in [9.17, 15) is 14.7 Å². The molecule has 0 radical (unpaired) electrons. The topological polar surface area (TPSA) is 70.5 Å². The molecule has 1 amide bonds. The smallest absolute Gasteiger partial charge is 0.311 e. The van der Waals surface area contributed by atoms with Gasteiger partial charge < -0.3 is 10.0 Å². The van der Waals surface area contributed by atoms with Crippen molar-refractivity contribution in [1.82, 2.24) is 9.88 Å². The van der Waals surface area contributed by atoms with Crippen LogP contribution in [0.25, 0.3) is 10.9 Å². The lowest BCUT2D eigenvalue weighted by Crippen LogP contribution is -2.35. The average molecular weight is 298 g/mol. The van der Waals surface area contributed by atoms with Crippen LogP contribution in [0.15, 0.2) is 30.3 Å². The highest BCUT2D eigenvalue weighted by molar-refractivity contribution is 6.05. The van der Waals surface area contributed by atoms with Crippen LogP contribution in [0.5, 0.6) is 0 Å². The third-order valence-electron chi connectivity index (χ3n) is 4.37. The second-order valence-electron chi connectivity index (χ2n) is 6.17. The Labute approximate surface area is 128 Å². The van der Waals surface area contributed by atoms with Crippen molar-refractivity contribution >= 4 is 22.8 Å². The number of para-hydroxylation sites is 1. The van der Waals surface area contributed by atoms with Crippen LogP contribution in [-0.2, 0) is 4.79 Å². The number of amides is 1. The molecule has 1 saturated heterocycles. The van der Waals surface area contributed by atoms with Gasteiger partial charge in [0, 0.05) is 24.2 Å². The largest absolute Gasteiger partial charge is 0.481 e. The van der Waals surface area contributed by atoms with E-state index >= 15 is 0 Å². The maximum atomic E-state index is 12.8. The van der Waals surface area contributed by atoms with Crippen molar-refractivity contribution in [1.29, 1.82) is 0 Å². The van der Waals surface area contributed by atoms with Gasteiger partial charge in [0.15, 0.2) is 0 Å². The summed E-state index contributed by atoms with van der Waals surface area (Å²) < 4.78 is 0. The summed E-state index contributed by atoms with van der Waals surface area (Å²) in [6.45, 7) is 4.28. The van der Waals surface area contributed by atoms with E-state index in [1.165, 1.54) is 0 Å². The molecule has 0 saturated carbocycles. The van der Waals surface area contributed by atoms with Crippen LogP contribution in [0, 0.1) is 12.3 Å². The lowest BCUT2D eigenvalue weighted by molar-refractivity contribution is -0.147. The molecule has 1 aliphatic heterocycles. The highest BCUT2D eigenvalue weighted by atomic mass is 16.4. The average Bonchev–Trinajstić information content (AvgIpc) is 2.90. The van der Waals surface area contributed by atoms with Crippen LogP contribution in [0.4, 0.5) is 0 Å². The highest BCUT2D eigenvalue weighted by Crippen LogP contribution is 2.31. The molecule has 2 heterocycles. The molecule has 0 spiro atoms. The third-order valence-corrected chi connectivity index (χ3v) is 4.37. The zero-order valence-electron chi connectivity index (χ0n) is 12.7. The summed E-state index contributed by atoms with van der Waals surface area (Å²) in [4.78, 5) is 30.2. The Morgan fingerprint density at radius 2 is 2.05 bits per heavy atom. The predicted octanol–water partition coefficient (Wildman–Crippen LogP) is 2.48. The molecule has 1 N–H and O–H groups in total. The quantitative estimate of drug-likeness (QED) is 0.924. The lowest BCUT2D eigenvalue weighted by Gasteiger charge is -2.20. The number of aryl methyl sites for hydroxylation is 1. The van der Waals surface area contributed by atoms with Crippen molar-refractivity contribution in [2.75, 3.05) is 13.1 Å². The van der Waals surface area contributed by atoms with Crippen molar-refractivity contribution < 1.29 is 14.7 Å². The maximum Gasteiger partial charge on any atom is 0.311 e. The number of benzene rings is 1. The second kappa shape index (κ2) is 5.09. The van der Waals surface area contributed by atoms with E-state index in [1.807, 2.05) is 31.2 Å². The lowest BCUT2D eigenvalue weighted by atomic mass is 9.90. The predicted molar refractivity (Wildman–Crippen MR) is 82.7 cm³/mol. The number of fused-ring (bicyclic) bond motifs is 1. The molecular formula is C17H18N2O3. The van der Waals surface area contributed by atoms with Gasteiger partial charge >= 0.3 is 5.97 Å². The number of hydrogen-bond donors (Lipinski definition) is 1. The van der Waals surface area contributed by atoms with Crippen LogP contribution in [0.3, 0.4) is 0 Å². The molecule has 2 aromatic rings. The normalized spacial score (nSPS) is 21.3. The van der Waals surface area contributed by atoms with E-state index in [0.717, 1.165) is 11.1 Å². The molecule has 5 heteroatoms. The number of likely N-dealkylation sites (tertiary alicyclic amines) is 1.